The van der Waals surface area contributed by atoms with Crippen LogP contribution >= 0.6 is 0 Å². The largest absolute Gasteiger partial charge is 0.383 e. The standard InChI is InChI=1S/C33H41N9/c1-21-5-14-28-30(22(21)2)38-33(40(28)4)37-24-8-6-23(7-9-24)27-19-42(32-29(27)31(34)35-20-36-32)26-12-10-25(11-13-26)41-17-15-39(3)16-18-41/h5-9,14,19-20,25-26H,10-13,15-18H2,1-4H3,(H,37,38)(H2,34,35,36)/t25-,26-. The van der Waals surface area contributed by atoms with Crippen molar-refractivity contribution in [3.63, 3.8) is 0 Å². The third-order valence-electron chi connectivity index (χ3n) is 9.78. The van der Waals surface area contributed by atoms with Crippen LogP contribution in [-0.2, 0) is 7.05 Å². The molecular formula is C33H41N9. The fraction of sp³-hybridized carbons (Fsp3) is 0.424. The number of benzene rings is 2. The number of hydrogen-bond donors (Lipinski definition) is 2. The lowest BCUT2D eigenvalue weighted by Crippen LogP contribution is -2.49. The number of imidazole rings is 1. The van der Waals surface area contributed by atoms with Crippen LogP contribution in [0.5, 0.6) is 0 Å². The summed E-state index contributed by atoms with van der Waals surface area (Å²) in [5, 5.41) is 4.46. The highest BCUT2D eigenvalue weighted by Gasteiger charge is 2.30. The van der Waals surface area contributed by atoms with Gasteiger partial charge in [0.2, 0.25) is 5.95 Å². The maximum atomic E-state index is 6.48. The first kappa shape index (κ1) is 26.9. The van der Waals surface area contributed by atoms with Crippen molar-refractivity contribution in [2.75, 3.05) is 44.3 Å². The summed E-state index contributed by atoms with van der Waals surface area (Å²) in [6.07, 6.45) is 8.63. The molecule has 9 nitrogen and oxygen atoms in total. The molecule has 1 aliphatic carbocycles. The molecule has 218 valence electrons. The molecular weight excluding hydrogens is 522 g/mol. The average molecular weight is 564 g/mol. The second kappa shape index (κ2) is 10.7. The molecule has 1 saturated carbocycles. The normalized spacial score (nSPS) is 20.5. The maximum Gasteiger partial charge on any atom is 0.208 e. The lowest BCUT2D eigenvalue weighted by atomic mass is 9.89. The van der Waals surface area contributed by atoms with E-state index in [-0.39, 0.29) is 0 Å². The van der Waals surface area contributed by atoms with Crippen molar-refractivity contribution in [3.8, 4) is 11.1 Å². The number of fused-ring (bicyclic) bond motifs is 2. The van der Waals surface area contributed by atoms with Gasteiger partial charge in [0.15, 0.2) is 0 Å². The number of nitrogen functional groups attached to an aromatic ring is 1. The number of nitrogens with zero attached hydrogens (tertiary/aromatic N) is 7. The minimum Gasteiger partial charge on any atom is -0.383 e. The molecule has 1 saturated heterocycles. The van der Waals surface area contributed by atoms with E-state index in [9.17, 15) is 0 Å². The van der Waals surface area contributed by atoms with Crippen molar-refractivity contribution >= 4 is 39.5 Å². The molecule has 2 fully saturated rings. The van der Waals surface area contributed by atoms with Crippen molar-refractivity contribution in [1.82, 2.24) is 33.9 Å². The molecule has 1 aliphatic heterocycles. The van der Waals surface area contributed by atoms with E-state index in [1.54, 1.807) is 6.33 Å². The highest BCUT2D eigenvalue weighted by molar-refractivity contribution is 6.00. The summed E-state index contributed by atoms with van der Waals surface area (Å²) in [7, 11) is 4.28. The summed E-state index contributed by atoms with van der Waals surface area (Å²) >= 11 is 0. The maximum absolute atomic E-state index is 6.48. The Bertz CT molecular complexity index is 1730. The van der Waals surface area contributed by atoms with E-state index in [1.807, 2.05) is 0 Å². The van der Waals surface area contributed by atoms with E-state index >= 15 is 0 Å². The van der Waals surface area contributed by atoms with Gasteiger partial charge in [-0.1, -0.05) is 18.2 Å². The van der Waals surface area contributed by atoms with Gasteiger partial charge in [0.1, 0.15) is 17.8 Å². The smallest absolute Gasteiger partial charge is 0.208 e. The molecule has 0 unspecified atom stereocenters. The van der Waals surface area contributed by atoms with Gasteiger partial charge in [-0.15, -0.1) is 0 Å². The van der Waals surface area contributed by atoms with Crippen LogP contribution in [0.25, 0.3) is 33.2 Å². The van der Waals surface area contributed by atoms with E-state index in [2.05, 4.69) is 99.8 Å². The Morgan fingerprint density at radius 1 is 0.857 bits per heavy atom. The first-order valence-electron chi connectivity index (χ1n) is 15.2. The van der Waals surface area contributed by atoms with E-state index in [1.165, 1.54) is 50.1 Å². The van der Waals surface area contributed by atoms with Gasteiger partial charge in [-0.25, -0.2) is 15.0 Å². The van der Waals surface area contributed by atoms with Crippen LogP contribution in [0.3, 0.4) is 0 Å². The van der Waals surface area contributed by atoms with E-state index < -0.39 is 0 Å². The highest BCUT2D eigenvalue weighted by atomic mass is 15.3. The molecule has 5 aromatic rings. The van der Waals surface area contributed by atoms with Crippen LogP contribution in [0.2, 0.25) is 0 Å². The Balaban J connectivity index is 1.13. The number of aryl methyl sites for hydroxylation is 3. The number of aromatic nitrogens is 5. The predicted molar refractivity (Wildman–Crippen MR) is 171 cm³/mol. The van der Waals surface area contributed by atoms with Crippen molar-refractivity contribution in [1.29, 1.82) is 0 Å². The van der Waals surface area contributed by atoms with Crippen LogP contribution in [0.15, 0.2) is 48.9 Å². The SMILES string of the molecule is Cc1ccc2c(nc(Nc3ccc(-c4cn([C@H]5CC[C@H](N6CCN(C)CC6)CC5)c5ncnc(N)c45)cc3)n2C)c1C. The number of piperazine rings is 1. The lowest BCUT2D eigenvalue weighted by Gasteiger charge is -2.41. The minimum absolute atomic E-state index is 0.421. The molecule has 4 heterocycles. The zero-order valence-corrected chi connectivity index (χ0v) is 25.1. The Kier molecular flexibility index (Phi) is 6.86. The lowest BCUT2D eigenvalue weighted by molar-refractivity contribution is 0.0828. The third kappa shape index (κ3) is 4.70. The van der Waals surface area contributed by atoms with Crippen LogP contribution in [0, 0.1) is 13.8 Å². The molecule has 7 rings (SSSR count). The summed E-state index contributed by atoms with van der Waals surface area (Å²) in [5.41, 5.74) is 15.2. The van der Waals surface area contributed by atoms with E-state index in [4.69, 9.17) is 15.7 Å². The monoisotopic (exact) mass is 563 g/mol. The summed E-state index contributed by atoms with van der Waals surface area (Å²) in [4.78, 5) is 19.1. The minimum atomic E-state index is 0.421. The summed E-state index contributed by atoms with van der Waals surface area (Å²) < 4.78 is 4.48. The predicted octanol–water partition coefficient (Wildman–Crippen LogP) is 5.66. The Hall–Kier alpha value is -3.95. The topological polar surface area (TPSA) is 93.1 Å². The van der Waals surface area contributed by atoms with Gasteiger partial charge in [-0.3, -0.25) is 4.90 Å². The molecule has 0 amide bonds. The molecule has 0 bridgehead atoms. The molecule has 0 atom stereocenters. The number of likely N-dealkylation sites (N-methyl/N-ethyl adjacent to an activating group) is 1. The molecule has 0 radical (unpaired) electrons. The fourth-order valence-corrected chi connectivity index (χ4v) is 6.96. The molecule has 3 N–H and O–H groups in total. The number of hydrogen-bond acceptors (Lipinski definition) is 7. The van der Waals surface area contributed by atoms with Crippen molar-refractivity contribution in [2.24, 2.45) is 7.05 Å². The van der Waals surface area contributed by atoms with Crippen molar-refractivity contribution < 1.29 is 0 Å². The second-order valence-electron chi connectivity index (χ2n) is 12.3. The molecule has 9 heteroatoms. The second-order valence-corrected chi connectivity index (χ2v) is 12.3. The first-order chi connectivity index (χ1) is 20.4. The van der Waals surface area contributed by atoms with Gasteiger partial charge in [0, 0.05) is 62.8 Å². The van der Waals surface area contributed by atoms with Gasteiger partial charge in [0.05, 0.1) is 16.4 Å². The number of anilines is 3. The highest BCUT2D eigenvalue weighted by Crippen LogP contribution is 2.39. The third-order valence-corrected chi connectivity index (χ3v) is 9.78. The molecule has 42 heavy (non-hydrogen) atoms. The number of nitrogens with one attached hydrogen (secondary N) is 1. The van der Waals surface area contributed by atoms with Crippen LogP contribution < -0.4 is 11.1 Å². The van der Waals surface area contributed by atoms with Gasteiger partial charge in [0.25, 0.3) is 0 Å². The van der Waals surface area contributed by atoms with Crippen LogP contribution in [0.4, 0.5) is 17.5 Å². The summed E-state index contributed by atoms with van der Waals surface area (Å²) in [5.74, 6) is 1.36. The van der Waals surface area contributed by atoms with Crippen LogP contribution in [0.1, 0.15) is 42.9 Å². The van der Waals surface area contributed by atoms with E-state index in [0.717, 1.165) is 57.7 Å². The number of rotatable bonds is 5. The van der Waals surface area contributed by atoms with Gasteiger partial charge in [-0.05, 0) is 81.5 Å². The molecule has 3 aromatic heterocycles. The zero-order valence-electron chi connectivity index (χ0n) is 25.1. The van der Waals surface area contributed by atoms with Gasteiger partial charge < -0.3 is 25.1 Å². The fourth-order valence-electron chi connectivity index (χ4n) is 6.96. The van der Waals surface area contributed by atoms with Crippen LogP contribution in [-0.4, -0.2) is 73.2 Å². The Morgan fingerprint density at radius 3 is 2.31 bits per heavy atom. The molecule has 2 aliphatic rings. The molecule has 0 spiro atoms. The van der Waals surface area contributed by atoms with Crippen molar-refractivity contribution in [3.05, 3.63) is 60.0 Å². The zero-order chi connectivity index (χ0) is 29.0. The Morgan fingerprint density at radius 2 is 1.57 bits per heavy atom. The summed E-state index contributed by atoms with van der Waals surface area (Å²) in [6, 6.07) is 13.9. The number of nitrogens with two attached hydrogens (primary N) is 1. The van der Waals surface area contributed by atoms with E-state index in [0.29, 0.717) is 17.9 Å². The average Bonchev–Trinajstić information content (AvgIpc) is 3.55. The van der Waals surface area contributed by atoms with Gasteiger partial charge >= 0.3 is 0 Å². The summed E-state index contributed by atoms with van der Waals surface area (Å²) in [6.45, 7) is 8.99. The quantitative estimate of drug-likeness (QED) is 0.285. The Labute approximate surface area is 247 Å². The first-order valence-corrected chi connectivity index (χ1v) is 15.2. The molecule has 2 aromatic carbocycles. The van der Waals surface area contributed by atoms with Crippen molar-refractivity contribution in [2.45, 2.75) is 51.6 Å². The van der Waals surface area contributed by atoms with Gasteiger partial charge in [-0.2, -0.15) is 0 Å².